The van der Waals surface area contributed by atoms with Crippen molar-refractivity contribution < 1.29 is 94.0 Å². The number of rotatable bonds is 26. The van der Waals surface area contributed by atoms with Crippen molar-refractivity contribution in [3.05, 3.63) is 81.7 Å². The van der Waals surface area contributed by atoms with Crippen LogP contribution in [-0.2, 0) is 68.7 Å². The van der Waals surface area contributed by atoms with Gasteiger partial charge in [-0.3, -0.25) is 53.1 Å². The molecule has 0 aliphatic carbocycles. The summed E-state index contributed by atoms with van der Waals surface area (Å²) in [5.41, 5.74) is 36.7. The van der Waals surface area contributed by atoms with Gasteiger partial charge in [-0.2, -0.15) is 5.70 Å². The zero-order valence-electron chi connectivity index (χ0n) is 55.6. The molecule has 2 fully saturated rings. The minimum atomic E-state index is -5.32. The Morgan fingerprint density at radius 3 is 1.94 bits per heavy atom. The molecule has 0 radical (unpaired) electrons. The van der Waals surface area contributed by atoms with Crippen LogP contribution in [0.3, 0.4) is 0 Å². The van der Waals surface area contributed by atoms with Crippen LogP contribution >= 0.6 is 7.82 Å². The molecule has 2 aromatic rings. The number of aliphatic hydroxyl groups is 3. The minimum absolute atomic E-state index is 0. The first kappa shape index (κ1) is 76.9. The normalized spacial score (nSPS) is 32.7. The largest absolute Gasteiger partial charge is 3.00 e. The third-order valence-corrected chi connectivity index (χ3v) is 21.6. The van der Waals surface area contributed by atoms with E-state index in [4.69, 9.17) is 78.7 Å². The van der Waals surface area contributed by atoms with E-state index in [9.17, 15) is 53.2 Å². The number of carbonyl (C=O) groups excluding carboxylic acids is 7. The Morgan fingerprint density at radius 1 is 0.811 bits per heavy atom. The first-order valence-corrected chi connectivity index (χ1v) is 32.7. The minimum Gasteiger partial charge on any atom is -0.756 e. The monoisotopic (exact) mass is 1390 g/mol. The molecule has 95 heavy (non-hydrogen) atoms. The number of aryl methyl sites for hydroxylation is 2. The van der Waals surface area contributed by atoms with Gasteiger partial charge in [0.15, 0.2) is 6.23 Å². The number of hydrogen-bond donors (Lipinski definition) is 10. The summed E-state index contributed by atoms with van der Waals surface area (Å²) in [6.07, 6.45) is -4.79. The molecule has 6 aliphatic rings. The van der Waals surface area contributed by atoms with Gasteiger partial charge in [-0.1, -0.05) is 47.2 Å². The van der Waals surface area contributed by atoms with E-state index in [0.717, 1.165) is 11.1 Å². The van der Waals surface area contributed by atoms with Crippen molar-refractivity contribution in [2.24, 2.45) is 94.7 Å². The van der Waals surface area contributed by atoms with Crippen molar-refractivity contribution in [2.75, 3.05) is 13.2 Å². The maximum Gasteiger partial charge on any atom is 3.00 e. The van der Waals surface area contributed by atoms with Crippen molar-refractivity contribution in [3.63, 3.8) is 0 Å². The quantitative estimate of drug-likeness (QED) is 0.0478. The van der Waals surface area contributed by atoms with Gasteiger partial charge < -0.3 is 88.7 Å². The van der Waals surface area contributed by atoms with Crippen LogP contribution in [0.25, 0.3) is 16.4 Å². The van der Waals surface area contributed by atoms with E-state index < -0.39 is 149 Å². The number of aliphatic imine (C=N–C) groups is 3. The maximum absolute atomic E-state index is 14.4. The summed E-state index contributed by atoms with van der Waals surface area (Å²) in [4.78, 5) is 128. The van der Waals surface area contributed by atoms with E-state index >= 15 is 0 Å². The molecule has 15 unspecified atom stereocenters. The summed E-state index contributed by atoms with van der Waals surface area (Å²) >= 11 is 0. The Hall–Kier alpha value is -7.15. The second-order valence-electron chi connectivity index (χ2n) is 27.4. The first-order chi connectivity index (χ1) is 43.6. The van der Waals surface area contributed by atoms with E-state index in [-0.39, 0.29) is 94.0 Å². The van der Waals surface area contributed by atoms with Gasteiger partial charge in [-0.15, -0.1) is 0 Å². The van der Waals surface area contributed by atoms with Crippen LogP contribution in [-0.4, -0.2) is 133 Å². The molecule has 29 nitrogen and oxygen atoms in total. The Labute approximate surface area is 562 Å². The number of ether oxygens (including phenoxy) is 1. The summed E-state index contributed by atoms with van der Waals surface area (Å²) < 4.78 is 31.9. The zero-order chi connectivity index (χ0) is 70.3. The van der Waals surface area contributed by atoms with E-state index in [1.807, 2.05) is 80.5 Å². The molecule has 7 heterocycles. The molecule has 6 aliphatic heterocycles. The number of amides is 7. The zero-order valence-corrected chi connectivity index (χ0v) is 57.5. The smallest absolute Gasteiger partial charge is 0.756 e. The average molecular weight is 1390 g/mol. The van der Waals surface area contributed by atoms with Crippen LogP contribution in [0.1, 0.15) is 150 Å². The second kappa shape index (κ2) is 29.3. The Balaban J connectivity index is 0.00000278. The third kappa shape index (κ3) is 15.7. The molecule has 2 saturated heterocycles. The van der Waals surface area contributed by atoms with E-state index in [1.165, 1.54) is 17.8 Å². The van der Waals surface area contributed by atoms with Crippen LogP contribution in [0.5, 0.6) is 0 Å². The standard InChI is InChI=1S/C62H90N13O14P.C2H4O2.Co/c1-29-20-39-40(21-30(29)2)75(28-70-39)57-52(84)53(41(27-76)87-57)89-90(85,86)88-31(3)26-69-49(83)18-19-59(8)37(22-46(66)80)56-62(11)61(10,25-48(68)82)36(14-17-45(65)79)51(74-62)33(5)55-60(9,24-47(67)81)34(12-15-43(63)77)38(71-55)23-42-58(6,7)35(13-16-44(64)78)50(72-42)32(4)54(59)73-56;1-2(3)4;/h20-21,23,28,31,34-37,41,52-53,56-57,76,84H,12-19,22,24-27H2,1-11H3,(H15,63,64,65,66,67,68,69,71,72,73,74,77,78,79,80,81,82,83,85,86);3-4H,1H2;/q;;+3/p-3. The molecule has 522 valence electrons. The number of phosphoric ester groups is 1. The number of primary amides is 6. The molecule has 1 aromatic heterocycles. The number of hydrogen-bond acceptors (Lipinski definition) is 20. The molecule has 7 amide bonds. The predicted molar refractivity (Wildman–Crippen MR) is 343 cm³/mol. The topological polar surface area (TPSA) is 508 Å². The summed E-state index contributed by atoms with van der Waals surface area (Å²) in [6.45, 7) is 21.5. The van der Waals surface area contributed by atoms with Gasteiger partial charge in [-0.05, 0) is 119 Å². The molecule has 0 spiro atoms. The fraction of sp³-hybridized carbons (Fsp3) is 0.609. The summed E-state index contributed by atoms with van der Waals surface area (Å²) in [5, 5.41) is 46.3. The number of nitrogens with one attached hydrogen (secondary N) is 1. The van der Waals surface area contributed by atoms with E-state index in [1.54, 1.807) is 6.92 Å². The number of nitrogens with two attached hydrogens (primary N) is 6. The van der Waals surface area contributed by atoms with Gasteiger partial charge >= 0.3 is 16.8 Å². The Kier molecular flexibility index (Phi) is 23.7. The molecule has 1 aromatic carbocycles. The molecule has 0 saturated carbocycles. The summed E-state index contributed by atoms with van der Waals surface area (Å²) in [5.74, 6) is -8.49. The van der Waals surface area contributed by atoms with Gasteiger partial charge in [-0.25, -0.2) is 4.98 Å². The fourth-order valence-electron chi connectivity index (χ4n) is 15.3. The Bertz CT molecular complexity index is 3650. The van der Waals surface area contributed by atoms with Gasteiger partial charge in [0, 0.05) is 114 Å². The number of fused-ring (bicyclic) bond motifs is 7. The number of imidazole rings is 1. The van der Waals surface area contributed by atoms with Gasteiger partial charge in [0.25, 0.3) is 7.82 Å². The van der Waals surface area contributed by atoms with Gasteiger partial charge in [0.1, 0.15) is 18.3 Å². The van der Waals surface area contributed by atoms with Crippen molar-refractivity contribution in [1.82, 2.24) is 14.9 Å². The molecular weight excluding hydrogens is 1300 g/mol. The second-order valence-corrected chi connectivity index (χ2v) is 28.7. The van der Waals surface area contributed by atoms with E-state index in [2.05, 4.69) is 16.9 Å². The predicted octanol–water partition coefficient (Wildman–Crippen LogP) is 2.69. The van der Waals surface area contributed by atoms with Crippen molar-refractivity contribution in [3.8, 4) is 0 Å². The third-order valence-electron chi connectivity index (χ3n) is 20.5. The molecular formula is C64H91CoN13O16P. The molecule has 8 bridgehead atoms. The Morgan fingerprint density at radius 2 is 1.38 bits per heavy atom. The van der Waals surface area contributed by atoms with Gasteiger partial charge in [0.2, 0.25) is 41.4 Å². The number of phosphoric acid groups is 1. The fourth-order valence-corrected chi connectivity index (χ4v) is 16.4. The molecule has 31 heteroatoms. The van der Waals surface area contributed by atoms with Crippen molar-refractivity contribution >= 4 is 77.3 Å². The number of carbonyl (C=O) groups is 7. The summed E-state index contributed by atoms with van der Waals surface area (Å²) in [6, 6.07) is 2.65. The first-order valence-electron chi connectivity index (χ1n) is 31.3. The number of nitrogens with zero attached hydrogens (tertiary/aromatic N) is 6. The number of benzene rings is 1. The van der Waals surface area contributed by atoms with Crippen molar-refractivity contribution in [1.29, 1.82) is 0 Å². The van der Waals surface area contributed by atoms with E-state index in [0.29, 0.717) is 56.4 Å². The maximum atomic E-state index is 14.4. The van der Waals surface area contributed by atoms with Crippen LogP contribution in [0.2, 0.25) is 0 Å². The van der Waals surface area contributed by atoms with Crippen LogP contribution in [0, 0.1) is 59.2 Å². The molecule has 8 rings (SSSR count). The molecule has 15 atom stereocenters. The average Bonchev–Trinajstić information content (AvgIpc) is 1.53. The SMILES string of the molecule is C/C1=C2N=C(/C=C3N=C(/C(C)=C4\[N-]C(C(CC(N)=O)C4(C)CCC(=O)NCC(C)OP(=O)([O-])OC4C(CO)OC(n5cnc6cc(C)c(C)cc65)C4O)C4(C)N=C1C(CCC(N)=O)C4(C)CC(N)=O)C(CCC(N)=O)C\3(C)C)C(CCC(N)=O)C/2(C)CC(N)=O.C=C([O-])O.[Co+3]. The van der Waals surface area contributed by atoms with Gasteiger partial charge in [0.05, 0.1) is 41.3 Å². The van der Waals surface area contributed by atoms with Crippen LogP contribution < -0.4 is 49.7 Å². The van der Waals surface area contributed by atoms with Crippen molar-refractivity contribution in [2.45, 2.75) is 189 Å². The molecule has 16 N–H and O–H groups in total. The number of allylic oxidation sites excluding steroid dienone is 6. The number of aromatic nitrogens is 2. The van der Waals surface area contributed by atoms with Crippen LogP contribution in [0.4, 0.5) is 0 Å². The van der Waals surface area contributed by atoms with Crippen LogP contribution in [0.15, 0.2) is 80.3 Å². The number of aliphatic hydroxyl groups excluding tert-OH is 3. The summed E-state index contributed by atoms with van der Waals surface area (Å²) in [7, 11) is -5.32.